The summed E-state index contributed by atoms with van der Waals surface area (Å²) in [5.74, 6) is 0.503. The fraction of sp³-hybridized carbons (Fsp3) is 0.346. The molecule has 0 aliphatic carbocycles. The number of anilines is 1. The molecule has 0 spiro atoms. The van der Waals surface area contributed by atoms with E-state index in [-0.39, 0.29) is 5.92 Å². The number of benzene rings is 2. The Kier molecular flexibility index (Phi) is 6.32. The van der Waals surface area contributed by atoms with E-state index in [4.69, 9.17) is 10.5 Å². The van der Waals surface area contributed by atoms with Gasteiger partial charge in [0.2, 0.25) is 0 Å². The molecule has 2 amide bonds. The number of hydrogen-bond donors (Lipinski definition) is 2. The van der Waals surface area contributed by atoms with Gasteiger partial charge >= 0.3 is 6.03 Å². The first kappa shape index (κ1) is 21.6. The second-order valence-electron chi connectivity index (χ2n) is 8.85. The number of ether oxygens (including phenoxy) is 1. The summed E-state index contributed by atoms with van der Waals surface area (Å²) < 4.78 is 5.52. The van der Waals surface area contributed by atoms with Gasteiger partial charge in [0.15, 0.2) is 0 Å². The van der Waals surface area contributed by atoms with E-state index in [0.29, 0.717) is 11.5 Å². The van der Waals surface area contributed by atoms with Crippen LogP contribution in [0.25, 0.3) is 10.8 Å². The normalized spacial score (nSPS) is 18.9. The SMILES string of the molecule is N/C(=N\C(=O)Nc1cccc2cnccc12)C1CCCN(CCc2ccc3c(c2)COC3)C1. The minimum atomic E-state index is -0.436. The van der Waals surface area contributed by atoms with Crippen molar-refractivity contribution in [3.05, 3.63) is 71.5 Å². The monoisotopic (exact) mass is 443 g/mol. The summed E-state index contributed by atoms with van der Waals surface area (Å²) in [7, 11) is 0. The van der Waals surface area contributed by atoms with Crippen molar-refractivity contribution in [2.45, 2.75) is 32.5 Å². The molecule has 2 aliphatic heterocycles. The van der Waals surface area contributed by atoms with E-state index in [2.05, 4.69) is 38.4 Å². The Morgan fingerprint density at radius 2 is 2.12 bits per heavy atom. The first-order chi connectivity index (χ1) is 16.2. The van der Waals surface area contributed by atoms with Crippen LogP contribution in [0, 0.1) is 5.92 Å². The maximum absolute atomic E-state index is 12.6. The summed E-state index contributed by atoms with van der Waals surface area (Å²) in [5.41, 5.74) is 11.0. The number of urea groups is 1. The van der Waals surface area contributed by atoms with E-state index in [0.717, 1.165) is 62.9 Å². The first-order valence-electron chi connectivity index (χ1n) is 11.5. The summed E-state index contributed by atoms with van der Waals surface area (Å²) in [6, 6.07) is 13.8. The Morgan fingerprint density at radius 3 is 3.06 bits per heavy atom. The van der Waals surface area contributed by atoms with E-state index in [1.54, 1.807) is 12.4 Å². The molecule has 3 heterocycles. The van der Waals surface area contributed by atoms with Crippen molar-refractivity contribution in [1.82, 2.24) is 9.88 Å². The number of aliphatic imine (C=N–C) groups is 1. The molecule has 1 aromatic heterocycles. The van der Waals surface area contributed by atoms with Gasteiger partial charge in [-0.05, 0) is 54.6 Å². The van der Waals surface area contributed by atoms with Crippen LogP contribution in [0.4, 0.5) is 10.5 Å². The van der Waals surface area contributed by atoms with Crippen molar-refractivity contribution in [3.63, 3.8) is 0 Å². The van der Waals surface area contributed by atoms with Crippen LogP contribution >= 0.6 is 0 Å². The number of carbonyl (C=O) groups excluding carboxylic acids is 1. The molecule has 2 aromatic carbocycles. The van der Waals surface area contributed by atoms with Gasteiger partial charge in [-0.15, -0.1) is 0 Å². The molecule has 1 unspecified atom stereocenters. The molecule has 1 fully saturated rings. The molecule has 7 nitrogen and oxygen atoms in total. The summed E-state index contributed by atoms with van der Waals surface area (Å²) in [5, 5.41) is 4.77. The second kappa shape index (κ2) is 9.68. The smallest absolute Gasteiger partial charge is 0.347 e. The van der Waals surface area contributed by atoms with Gasteiger partial charge in [-0.3, -0.25) is 4.98 Å². The predicted octanol–water partition coefficient (Wildman–Crippen LogP) is 4.11. The zero-order chi connectivity index (χ0) is 22.6. The van der Waals surface area contributed by atoms with Gasteiger partial charge in [0.05, 0.1) is 18.9 Å². The lowest BCUT2D eigenvalue weighted by Gasteiger charge is -2.32. The summed E-state index contributed by atoms with van der Waals surface area (Å²) in [6.07, 6.45) is 6.48. The molecular formula is C26H29N5O2. The minimum Gasteiger partial charge on any atom is -0.387 e. The number of pyridine rings is 1. The van der Waals surface area contributed by atoms with E-state index >= 15 is 0 Å². The highest BCUT2D eigenvalue weighted by molar-refractivity contribution is 6.05. The molecular weight excluding hydrogens is 414 g/mol. The van der Waals surface area contributed by atoms with Crippen LogP contribution < -0.4 is 11.1 Å². The summed E-state index contributed by atoms with van der Waals surface area (Å²) >= 11 is 0. The zero-order valence-corrected chi connectivity index (χ0v) is 18.7. The maximum atomic E-state index is 12.6. The fourth-order valence-corrected chi connectivity index (χ4v) is 4.75. The number of nitrogens with two attached hydrogens (primary N) is 1. The maximum Gasteiger partial charge on any atom is 0.347 e. The third-order valence-corrected chi connectivity index (χ3v) is 6.58. The van der Waals surface area contributed by atoms with Gasteiger partial charge in [0.1, 0.15) is 5.84 Å². The number of likely N-dealkylation sites (tertiary alicyclic amines) is 1. The Hall–Kier alpha value is -3.29. The highest BCUT2D eigenvalue weighted by Crippen LogP contribution is 2.24. The number of rotatable bonds is 5. The van der Waals surface area contributed by atoms with Gasteiger partial charge in [0.25, 0.3) is 0 Å². The second-order valence-corrected chi connectivity index (χ2v) is 8.85. The number of nitrogens with zero attached hydrogens (tertiary/aromatic N) is 3. The fourth-order valence-electron chi connectivity index (χ4n) is 4.75. The Labute approximate surface area is 193 Å². The van der Waals surface area contributed by atoms with Crippen molar-refractivity contribution in [2.24, 2.45) is 16.6 Å². The quantitative estimate of drug-likeness (QED) is 0.457. The van der Waals surface area contributed by atoms with Gasteiger partial charge in [0, 0.05) is 42.2 Å². The van der Waals surface area contributed by atoms with Crippen molar-refractivity contribution in [1.29, 1.82) is 0 Å². The van der Waals surface area contributed by atoms with Gasteiger partial charge in [-0.25, -0.2) is 4.79 Å². The Bertz CT molecular complexity index is 1190. The molecule has 0 bridgehead atoms. The van der Waals surface area contributed by atoms with Crippen LogP contribution in [0.2, 0.25) is 0 Å². The van der Waals surface area contributed by atoms with Crippen molar-refractivity contribution in [2.75, 3.05) is 25.0 Å². The first-order valence-corrected chi connectivity index (χ1v) is 11.5. The molecule has 3 aromatic rings. The molecule has 2 aliphatic rings. The summed E-state index contributed by atoms with van der Waals surface area (Å²) in [4.78, 5) is 23.3. The van der Waals surface area contributed by atoms with Crippen LogP contribution in [-0.2, 0) is 24.4 Å². The standard InChI is InChI=1S/C26H29N5O2/c27-25(30-26(32)29-24-5-1-3-19-14-28-10-8-23(19)24)20-4-2-11-31(15-20)12-9-18-6-7-21-16-33-17-22(21)13-18/h1,3,5-8,10,13-14,20H,2,4,9,11-12,15-17H2,(H3,27,29,30,32). The molecule has 1 saturated heterocycles. The highest BCUT2D eigenvalue weighted by atomic mass is 16.5. The number of aromatic nitrogens is 1. The highest BCUT2D eigenvalue weighted by Gasteiger charge is 2.23. The van der Waals surface area contributed by atoms with Gasteiger partial charge in [-0.1, -0.05) is 30.3 Å². The molecule has 1 atom stereocenters. The number of hydrogen-bond acceptors (Lipinski definition) is 4. The van der Waals surface area contributed by atoms with Crippen molar-refractivity contribution in [3.8, 4) is 0 Å². The van der Waals surface area contributed by atoms with Crippen LogP contribution in [0.1, 0.15) is 29.5 Å². The number of amides is 2. The number of fused-ring (bicyclic) bond motifs is 2. The molecule has 33 heavy (non-hydrogen) atoms. The van der Waals surface area contributed by atoms with E-state index in [1.807, 2.05) is 24.3 Å². The lowest BCUT2D eigenvalue weighted by molar-refractivity contribution is 0.134. The number of nitrogens with one attached hydrogen (secondary N) is 1. The number of amidine groups is 1. The van der Waals surface area contributed by atoms with Crippen LogP contribution in [0.5, 0.6) is 0 Å². The van der Waals surface area contributed by atoms with Gasteiger partial charge in [-0.2, -0.15) is 4.99 Å². The minimum absolute atomic E-state index is 0.0923. The zero-order valence-electron chi connectivity index (χ0n) is 18.7. The molecule has 3 N–H and O–H groups in total. The number of carbonyl (C=O) groups is 1. The molecule has 7 heteroatoms. The van der Waals surface area contributed by atoms with E-state index in [1.165, 1.54) is 16.7 Å². The molecule has 0 radical (unpaired) electrons. The Morgan fingerprint density at radius 1 is 1.21 bits per heavy atom. The largest absolute Gasteiger partial charge is 0.387 e. The molecule has 0 saturated carbocycles. The van der Waals surface area contributed by atoms with E-state index in [9.17, 15) is 4.79 Å². The predicted molar refractivity (Wildman–Crippen MR) is 130 cm³/mol. The van der Waals surface area contributed by atoms with Crippen LogP contribution in [0.15, 0.2) is 59.9 Å². The summed E-state index contributed by atoms with van der Waals surface area (Å²) in [6.45, 7) is 4.30. The lowest BCUT2D eigenvalue weighted by Crippen LogP contribution is -2.42. The van der Waals surface area contributed by atoms with Crippen molar-refractivity contribution >= 4 is 28.3 Å². The average molecular weight is 444 g/mol. The topological polar surface area (TPSA) is 92.8 Å². The van der Waals surface area contributed by atoms with Gasteiger partial charge < -0.3 is 20.7 Å². The van der Waals surface area contributed by atoms with Crippen molar-refractivity contribution < 1.29 is 9.53 Å². The third-order valence-electron chi connectivity index (χ3n) is 6.58. The Balaban J connectivity index is 1.18. The molecule has 170 valence electrons. The van der Waals surface area contributed by atoms with Crippen LogP contribution in [0.3, 0.4) is 0 Å². The average Bonchev–Trinajstić information content (AvgIpc) is 3.31. The third kappa shape index (κ3) is 5.05. The molecule has 5 rings (SSSR count). The lowest BCUT2D eigenvalue weighted by atomic mass is 9.96. The number of piperidine rings is 1. The van der Waals surface area contributed by atoms with Crippen LogP contribution in [-0.4, -0.2) is 41.4 Å². The van der Waals surface area contributed by atoms with E-state index < -0.39 is 6.03 Å².